The highest BCUT2D eigenvalue weighted by atomic mass is 35.6. The van der Waals surface area contributed by atoms with Crippen LogP contribution in [0, 0.1) is 0 Å². The van der Waals surface area contributed by atoms with Crippen molar-refractivity contribution in [1.29, 1.82) is 0 Å². The molecule has 8 heavy (non-hydrogen) atoms. The third-order valence-electron chi connectivity index (χ3n) is 0. The van der Waals surface area contributed by atoms with Crippen molar-refractivity contribution in [3.63, 3.8) is 0 Å². The fourth-order valence-corrected chi connectivity index (χ4v) is 0. The van der Waals surface area contributed by atoms with Crippen LogP contribution in [0.15, 0.2) is 0 Å². The molecule has 0 amide bonds. The van der Waals surface area contributed by atoms with Gasteiger partial charge in [0.25, 0.3) is 0 Å². The van der Waals surface area contributed by atoms with E-state index in [1.54, 1.807) is 0 Å². The zero-order valence-electron chi connectivity index (χ0n) is 5.96. The highest BCUT2D eigenvalue weighted by Gasteiger charge is 2.04. The van der Waals surface area contributed by atoms with Gasteiger partial charge in [0.1, 0.15) is 7.38 Å². The number of hydrogen-bond donors (Lipinski definition) is 0. The zero-order chi connectivity index (χ0) is 7.21. The molecular weight excluding hydrogens is 175 g/mol. The van der Waals surface area contributed by atoms with Gasteiger partial charge in [-0.25, -0.2) is 0 Å². The molecule has 0 fully saturated rings. The van der Waals surface area contributed by atoms with Crippen LogP contribution < -0.4 is 0 Å². The van der Waals surface area contributed by atoms with Crippen LogP contribution in [0.1, 0.15) is 0 Å². The van der Waals surface area contributed by atoms with Crippen LogP contribution in [-0.2, 0) is 0 Å². The van der Waals surface area contributed by atoms with Gasteiger partial charge in [-0.1, -0.05) is 19.6 Å². The Kier molecular flexibility index (Phi) is 9.03. The summed E-state index contributed by atoms with van der Waals surface area (Å²) < 4.78 is 0. The Morgan fingerprint density at radius 1 is 1.38 bits per heavy atom. The molecule has 0 radical (unpaired) electrons. The van der Waals surface area contributed by atoms with E-state index in [0.717, 1.165) is 15.7 Å². The minimum absolute atomic E-state index is 0.861. The molecule has 0 aliphatic carbocycles. The molecule has 0 heterocycles. The van der Waals surface area contributed by atoms with Crippen molar-refractivity contribution in [3.8, 4) is 0 Å². The summed E-state index contributed by atoms with van der Waals surface area (Å²) in [5.74, 6) is 0. The summed E-state index contributed by atoms with van der Waals surface area (Å²) in [5, 5.41) is 0. The van der Waals surface area contributed by atoms with Crippen molar-refractivity contribution in [2.24, 2.45) is 0 Å². The smallest absolute Gasteiger partial charge is 0.147 e. The normalized spacial score (nSPS) is 10.1. The summed E-state index contributed by atoms with van der Waals surface area (Å²) in [4.78, 5) is 0. The Morgan fingerprint density at radius 2 is 1.38 bits per heavy atom. The Bertz CT molecular complexity index is 35.8. The van der Waals surface area contributed by atoms with Gasteiger partial charge in [-0.3, -0.25) is 0 Å². The Balaban J connectivity index is 0. The van der Waals surface area contributed by atoms with E-state index in [4.69, 9.17) is 22.7 Å². The molecule has 0 N–H and O–H groups in total. The zero-order valence-corrected chi connectivity index (χ0v) is 10.5. The summed E-state index contributed by atoms with van der Waals surface area (Å²) in [6, 6.07) is 0. The van der Waals surface area contributed by atoms with Crippen molar-refractivity contribution in [2.75, 3.05) is 5.50 Å². The predicted octanol–water partition coefficient (Wildman–Crippen LogP) is 1.61. The van der Waals surface area contributed by atoms with Gasteiger partial charge < -0.3 is 0 Å². The lowest BCUT2D eigenvalue weighted by Gasteiger charge is -1.97. The quantitative estimate of drug-likeness (QED) is 0.308. The lowest BCUT2D eigenvalue weighted by atomic mass is 11.8. The van der Waals surface area contributed by atoms with Crippen LogP contribution >= 0.6 is 22.7 Å². The molecule has 0 unspecified atom stereocenters. The van der Waals surface area contributed by atoms with Gasteiger partial charge in [0.05, 0.1) is 0 Å². The van der Waals surface area contributed by atoms with E-state index in [-0.39, 0.29) is 0 Å². The fourth-order valence-electron chi connectivity index (χ4n) is 0. The van der Waals surface area contributed by atoms with E-state index < -0.39 is 7.38 Å². The van der Waals surface area contributed by atoms with Gasteiger partial charge in [0, 0.05) is 15.7 Å². The van der Waals surface area contributed by atoms with Crippen molar-refractivity contribution < 1.29 is 0 Å². The second-order valence-electron chi connectivity index (χ2n) is 2.33. The van der Waals surface area contributed by atoms with E-state index in [2.05, 4.69) is 19.6 Å². The van der Waals surface area contributed by atoms with Gasteiger partial charge in [-0.05, 0) is 0 Å². The molecule has 0 aromatic rings. The van der Waals surface area contributed by atoms with Gasteiger partial charge in [0.2, 0.25) is 0 Å². The third-order valence-corrected chi connectivity index (χ3v) is 0. The third kappa shape index (κ3) is 247. The molecule has 0 nitrogen and oxygen atoms in total. The predicted molar refractivity (Wildman–Crippen MR) is 49.9 cm³/mol. The topological polar surface area (TPSA) is 0 Å². The van der Waals surface area contributed by atoms with Gasteiger partial charge in [0.15, 0.2) is 0 Å². The number of rotatable bonds is 0. The minimum Gasteiger partial charge on any atom is -0.168 e. The van der Waals surface area contributed by atoms with E-state index in [9.17, 15) is 0 Å². The van der Waals surface area contributed by atoms with E-state index in [1.165, 1.54) is 0 Å². The first kappa shape index (κ1) is 11.8. The molecule has 0 aromatic heterocycles. The molecule has 4 heteroatoms. The highest BCUT2D eigenvalue weighted by Crippen LogP contribution is 2.03. The summed E-state index contributed by atoms with van der Waals surface area (Å²) >= 11 is 10.7. The van der Waals surface area contributed by atoms with Gasteiger partial charge in [-0.2, -0.15) is 11.1 Å². The molecule has 0 bridgehead atoms. The summed E-state index contributed by atoms with van der Waals surface area (Å²) in [5.41, 5.74) is 0.861. The SMILES string of the molecule is C[Si](C)(C)Cl.[SiH3]CCl. The van der Waals surface area contributed by atoms with Crippen molar-refractivity contribution >= 4 is 40.3 Å². The van der Waals surface area contributed by atoms with Gasteiger partial charge in [-0.15, -0.1) is 11.6 Å². The largest absolute Gasteiger partial charge is 0.168 e. The second-order valence-corrected chi connectivity index (χ2v) is 12.0. The maximum atomic E-state index is 5.67. The standard InChI is InChI=1S/C3H9ClSi.CH5ClSi/c1-5(2,3)4;2-1-3/h1-3H3;1H2,3H3. The first-order valence-corrected chi connectivity index (χ1v) is 9.12. The summed E-state index contributed by atoms with van der Waals surface area (Å²) in [6.45, 7) is 6.28. The molecule has 0 aliphatic rings. The maximum absolute atomic E-state index is 5.67. The summed E-state index contributed by atoms with van der Waals surface area (Å²) in [7, 11) is -0.00463. The number of alkyl halides is 1. The maximum Gasteiger partial charge on any atom is 0.147 e. The lowest BCUT2D eigenvalue weighted by molar-refractivity contribution is 1.87. The molecule has 0 aliphatic heterocycles. The van der Waals surface area contributed by atoms with Crippen LogP contribution in [0.4, 0.5) is 0 Å². The molecular formula is C4H14Cl2Si2. The van der Waals surface area contributed by atoms with Crippen molar-refractivity contribution in [3.05, 3.63) is 0 Å². The summed E-state index contributed by atoms with van der Waals surface area (Å²) in [6.07, 6.45) is 0. The fraction of sp³-hybridized carbons (Fsp3) is 1.00. The monoisotopic (exact) mass is 188 g/mol. The van der Waals surface area contributed by atoms with Crippen LogP contribution in [0.25, 0.3) is 0 Å². The van der Waals surface area contributed by atoms with E-state index in [1.807, 2.05) is 0 Å². The molecule has 0 aromatic carbocycles. The molecule has 52 valence electrons. The minimum atomic E-state index is -1.14. The average molecular weight is 189 g/mol. The molecule has 0 saturated carbocycles. The van der Waals surface area contributed by atoms with E-state index in [0.29, 0.717) is 0 Å². The second kappa shape index (κ2) is 6.14. The lowest BCUT2D eigenvalue weighted by Crippen LogP contribution is -2.06. The van der Waals surface area contributed by atoms with Crippen molar-refractivity contribution in [1.82, 2.24) is 0 Å². The van der Waals surface area contributed by atoms with Crippen LogP contribution in [-0.4, -0.2) is 23.1 Å². The first-order valence-electron chi connectivity index (χ1n) is 2.66. The molecule has 0 spiro atoms. The Hall–Kier alpha value is 1.01. The first-order chi connectivity index (χ1) is 3.41. The Labute approximate surface area is 65.7 Å². The molecule has 0 saturated heterocycles. The van der Waals surface area contributed by atoms with Gasteiger partial charge >= 0.3 is 0 Å². The molecule has 0 rings (SSSR count). The molecule has 0 atom stereocenters. The number of hydrogen-bond acceptors (Lipinski definition) is 0. The number of halogens is 2. The van der Waals surface area contributed by atoms with E-state index >= 15 is 0 Å². The highest BCUT2D eigenvalue weighted by molar-refractivity contribution is 7.18. The van der Waals surface area contributed by atoms with Crippen LogP contribution in [0.2, 0.25) is 19.6 Å². The van der Waals surface area contributed by atoms with Crippen molar-refractivity contribution in [2.45, 2.75) is 19.6 Å². The van der Waals surface area contributed by atoms with Crippen LogP contribution in [0.5, 0.6) is 0 Å². The van der Waals surface area contributed by atoms with Crippen LogP contribution in [0.3, 0.4) is 0 Å². The average Bonchev–Trinajstić information content (AvgIpc) is 1.27. The Morgan fingerprint density at radius 3 is 1.38 bits per heavy atom.